The van der Waals surface area contributed by atoms with Crippen LogP contribution in [0, 0.1) is 35.5 Å². The molecule has 15 heavy (non-hydrogen) atoms. The van der Waals surface area contributed by atoms with E-state index in [2.05, 4.69) is 5.92 Å². The van der Waals surface area contributed by atoms with Gasteiger partial charge in [-0.2, -0.15) is 5.26 Å². The van der Waals surface area contributed by atoms with Crippen molar-refractivity contribution in [2.75, 3.05) is 0 Å². The van der Waals surface area contributed by atoms with Crippen molar-refractivity contribution in [3.8, 4) is 18.4 Å². The summed E-state index contributed by atoms with van der Waals surface area (Å²) in [5, 5.41) is 8.44. The van der Waals surface area contributed by atoms with Gasteiger partial charge in [-0.1, -0.05) is 12.0 Å². The minimum Gasteiger partial charge on any atom is -0.192 e. The first kappa shape index (κ1) is 9.81. The number of benzene rings is 1. The summed E-state index contributed by atoms with van der Waals surface area (Å²) in [6, 6.07) is 8.97. The highest BCUT2D eigenvalue weighted by Crippen LogP contribution is 2.55. The number of nitrogens with zero attached hydrogens (tertiary/aromatic N) is 1. The van der Waals surface area contributed by atoms with Gasteiger partial charge in [0.2, 0.25) is 0 Å². The second kappa shape index (κ2) is 4.20. The Hall–Kier alpha value is -1.73. The van der Waals surface area contributed by atoms with E-state index in [0.717, 1.165) is 5.56 Å². The van der Waals surface area contributed by atoms with Crippen LogP contribution < -0.4 is 0 Å². The third-order valence-electron chi connectivity index (χ3n) is 3.14. The van der Waals surface area contributed by atoms with Crippen molar-refractivity contribution in [3.63, 3.8) is 0 Å². The van der Waals surface area contributed by atoms with Gasteiger partial charge in [0.1, 0.15) is 0 Å². The number of nitriles is 1. The average molecular weight is 195 g/mol. The SMILES string of the molecule is C#Cc1cccc(C#N)c1.C1CC2CC12. The van der Waals surface area contributed by atoms with Crippen LogP contribution >= 0.6 is 0 Å². The Morgan fingerprint density at radius 3 is 2.27 bits per heavy atom. The highest BCUT2D eigenvalue weighted by atomic mass is 14.5. The van der Waals surface area contributed by atoms with Gasteiger partial charge in [-0.25, -0.2) is 0 Å². The van der Waals surface area contributed by atoms with Gasteiger partial charge >= 0.3 is 0 Å². The molecule has 1 aromatic rings. The molecule has 0 heterocycles. The Balaban J connectivity index is 0.000000139. The summed E-state index contributed by atoms with van der Waals surface area (Å²) in [6.45, 7) is 0. The molecule has 2 aliphatic rings. The fraction of sp³-hybridized carbons (Fsp3) is 0.357. The van der Waals surface area contributed by atoms with Crippen molar-refractivity contribution in [3.05, 3.63) is 35.4 Å². The highest BCUT2D eigenvalue weighted by molar-refractivity contribution is 5.40. The summed E-state index contributed by atoms with van der Waals surface area (Å²) in [5.41, 5.74) is 1.36. The summed E-state index contributed by atoms with van der Waals surface area (Å²) < 4.78 is 0. The molecule has 2 fully saturated rings. The van der Waals surface area contributed by atoms with Crippen LogP contribution in [0.25, 0.3) is 0 Å². The first-order chi connectivity index (χ1) is 7.33. The Morgan fingerprint density at radius 1 is 1.20 bits per heavy atom. The summed E-state index contributed by atoms with van der Waals surface area (Å²) in [7, 11) is 0. The fourth-order valence-electron chi connectivity index (χ4n) is 1.86. The van der Waals surface area contributed by atoms with E-state index in [-0.39, 0.29) is 0 Å². The maximum absolute atomic E-state index is 8.44. The summed E-state index contributed by atoms with van der Waals surface area (Å²) in [6.07, 6.45) is 9.82. The standard InChI is InChI=1S/C9H5N.C5H8/c1-2-8-4-3-5-9(6-8)7-10;1-2-5-3-4(1)5/h1,3-6H;4-5H,1-3H2. The largest absolute Gasteiger partial charge is 0.192 e. The lowest BCUT2D eigenvalue weighted by Crippen LogP contribution is -1.93. The molecule has 0 N–H and O–H groups in total. The second-order valence-corrected chi connectivity index (χ2v) is 4.17. The normalized spacial score (nSPS) is 24.4. The quantitative estimate of drug-likeness (QED) is 0.584. The van der Waals surface area contributed by atoms with Crippen LogP contribution in [0.2, 0.25) is 0 Å². The molecule has 0 bridgehead atoms. The Labute approximate surface area is 90.7 Å². The summed E-state index contributed by atoms with van der Waals surface area (Å²) in [5.74, 6) is 4.91. The van der Waals surface area contributed by atoms with E-state index in [1.807, 2.05) is 6.07 Å². The maximum atomic E-state index is 8.44. The number of hydrogen-bond donors (Lipinski definition) is 0. The molecule has 2 atom stereocenters. The maximum Gasteiger partial charge on any atom is 0.0992 e. The van der Waals surface area contributed by atoms with Crippen LogP contribution in [0.15, 0.2) is 24.3 Å². The molecule has 0 saturated heterocycles. The van der Waals surface area contributed by atoms with Crippen molar-refractivity contribution in [1.82, 2.24) is 0 Å². The van der Waals surface area contributed by atoms with Crippen LogP contribution in [0.5, 0.6) is 0 Å². The van der Waals surface area contributed by atoms with Gasteiger partial charge in [0.05, 0.1) is 11.6 Å². The van der Waals surface area contributed by atoms with E-state index in [4.69, 9.17) is 11.7 Å². The predicted octanol–water partition coefficient (Wildman–Crippen LogP) is 2.96. The van der Waals surface area contributed by atoms with E-state index in [9.17, 15) is 0 Å². The lowest BCUT2D eigenvalue weighted by molar-refractivity contribution is 0.468. The molecule has 2 aliphatic carbocycles. The van der Waals surface area contributed by atoms with Gasteiger partial charge in [0.25, 0.3) is 0 Å². The molecule has 0 spiro atoms. The zero-order valence-corrected chi connectivity index (χ0v) is 8.61. The highest BCUT2D eigenvalue weighted by Gasteiger charge is 2.44. The lowest BCUT2D eigenvalue weighted by Gasteiger charge is -2.04. The second-order valence-electron chi connectivity index (χ2n) is 4.17. The van der Waals surface area contributed by atoms with E-state index < -0.39 is 0 Å². The number of fused-ring (bicyclic) bond motifs is 1. The van der Waals surface area contributed by atoms with E-state index in [1.54, 1.807) is 43.5 Å². The van der Waals surface area contributed by atoms with Gasteiger partial charge in [0, 0.05) is 5.56 Å². The van der Waals surface area contributed by atoms with Crippen LogP contribution in [-0.2, 0) is 0 Å². The van der Waals surface area contributed by atoms with Gasteiger partial charge in [-0.05, 0) is 49.3 Å². The number of rotatable bonds is 0. The molecule has 0 amide bonds. The Bertz CT molecular complexity index is 392. The van der Waals surface area contributed by atoms with E-state index >= 15 is 0 Å². The van der Waals surface area contributed by atoms with Gasteiger partial charge in [-0.3, -0.25) is 0 Å². The van der Waals surface area contributed by atoms with E-state index in [1.165, 1.54) is 11.8 Å². The molecule has 0 aromatic heterocycles. The third kappa shape index (κ3) is 2.39. The molecular formula is C14H13N. The minimum atomic E-state index is 0.607. The molecule has 1 heteroatoms. The molecule has 1 aromatic carbocycles. The van der Waals surface area contributed by atoms with Crippen LogP contribution in [0.1, 0.15) is 30.4 Å². The zero-order valence-electron chi connectivity index (χ0n) is 8.61. The van der Waals surface area contributed by atoms with Crippen molar-refractivity contribution in [2.45, 2.75) is 19.3 Å². The van der Waals surface area contributed by atoms with Gasteiger partial charge in [0.15, 0.2) is 0 Å². The predicted molar refractivity (Wildman–Crippen MR) is 59.9 cm³/mol. The molecular weight excluding hydrogens is 182 g/mol. The fourth-order valence-corrected chi connectivity index (χ4v) is 1.86. The smallest absolute Gasteiger partial charge is 0.0992 e. The lowest BCUT2D eigenvalue weighted by atomic mass is 10.0. The summed E-state index contributed by atoms with van der Waals surface area (Å²) >= 11 is 0. The van der Waals surface area contributed by atoms with Crippen molar-refractivity contribution in [1.29, 1.82) is 5.26 Å². The Kier molecular flexibility index (Phi) is 2.75. The van der Waals surface area contributed by atoms with E-state index in [0.29, 0.717) is 5.56 Å². The van der Waals surface area contributed by atoms with Gasteiger partial charge in [-0.15, -0.1) is 6.42 Å². The van der Waals surface area contributed by atoms with Crippen LogP contribution in [0.4, 0.5) is 0 Å². The Morgan fingerprint density at radius 2 is 1.87 bits per heavy atom. The first-order valence-corrected chi connectivity index (χ1v) is 5.30. The van der Waals surface area contributed by atoms with Gasteiger partial charge < -0.3 is 0 Å². The van der Waals surface area contributed by atoms with Crippen LogP contribution in [0.3, 0.4) is 0 Å². The van der Waals surface area contributed by atoms with Crippen LogP contribution in [-0.4, -0.2) is 0 Å². The third-order valence-corrected chi connectivity index (χ3v) is 3.14. The zero-order chi connectivity index (χ0) is 10.7. The topological polar surface area (TPSA) is 23.8 Å². The first-order valence-electron chi connectivity index (χ1n) is 5.30. The molecule has 2 saturated carbocycles. The van der Waals surface area contributed by atoms with Crippen molar-refractivity contribution in [2.24, 2.45) is 11.8 Å². The number of hydrogen-bond acceptors (Lipinski definition) is 1. The molecule has 0 aliphatic heterocycles. The summed E-state index contributed by atoms with van der Waals surface area (Å²) in [4.78, 5) is 0. The molecule has 74 valence electrons. The monoisotopic (exact) mass is 195 g/mol. The number of terminal acetylenes is 1. The molecule has 2 unspecified atom stereocenters. The molecule has 1 nitrogen and oxygen atoms in total. The minimum absolute atomic E-state index is 0.607. The van der Waals surface area contributed by atoms with Crippen molar-refractivity contribution < 1.29 is 0 Å². The molecule has 0 radical (unpaired) electrons. The molecule has 3 rings (SSSR count). The average Bonchev–Trinajstić information content (AvgIpc) is 2.86. The van der Waals surface area contributed by atoms with Crippen molar-refractivity contribution >= 4 is 0 Å².